The van der Waals surface area contributed by atoms with Crippen molar-refractivity contribution in [2.24, 2.45) is 0 Å². The molecule has 25 heavy (non-hydrogen) atoms. The van der Waals surface area contributed by atoms with Gasteiger partial charge in [-0.1, -0.05) is 30.3 Å². The molecule has 1 aromatic heterocycles. The summed E-state index contributed by atoms with van der Waals surface area (Å²) < 4.78 is 5.31. The fraction of sp³-hybridized carbons (Fsp3) is 0.105. The summed E-state index contributed by atoms with van der Waals surface area (Å²) in [5, 5.41) is 12.0. The Labute approximate surface area is 142 Å². The van der Waals surface area contributed by atoms with E-state index in [1.165, 1.54) is 13.0 Å². The zero-order valence-corrected chi connectivity index (χ0v) is 13.4. The highest BCUT2D eigenvalue weighted by atomic mass is 16.4. The van der Waals surface area contributed by atoms with Crippen LogP contribution in [0.25, 0.3) is 22.1 Å². The fourth-order valence-corrected chi connectivity index (χ4v) is 2.43. The zero-order chi connectivity index (χ0) is 18.0. The third kappa shape index (κ3) is 3.42. The van der Waals surface area contributed by atoms with Crippen molar-refractivity contribution in [1.29, 1.82) is 0 Å². The van der Waals surface area contributed by atoms with Gasteiger partial charge in [0.1, 0.15) is 11.6 Å². The first-order valence-corrected chi connectivity index (χ1v) is 7.62. The molecule has 1 heterocycles. The fourth-order valence-electron chi connectivity index (χ4n) is 2.43. The highest BCUT2D eigenvalue weighted by Crippen LogP contribution is 2.22. The van der Waals surface area contributed by atoms with E-state index >= 15 is 0 Å². The highest BCUT2D eigenvalue weighted by Gasteiger charge is 2.16. The predicted molar refractivity (Wildman–Crippen MR) is 92.5 cm³/mol. The Morgan fingerprint density at radius 2 is 1.84 bits per heavy atom. The maximum atomic E-state index is 12.2. The van der Waals surface area contributed by atoms with Crippen molar-refractivity contribution >= 4 is 22.8 Å². The average molecular weight is 337 g/mol. The van der Waals surface area contributed by atoms with Crippen molar-refractivity contribution in [2.45, 2.75) is 13.0 Å². The van der Waals surface area contributed by atoms with Gasteiger partial charge in [-0.05, 0) is 36.8 Å². The van der Waals surface area contributed by atoms with Crippen LogP contribution < -0.4 is 10.9 Å². The van der Waals surface area contributed by atoms with Crippen molar-refractivity contribution < 1.29 is 19.1 Å². The number of fused-ring (bicyclic) bond motifs is 1. The zero-order valence-electron chi connectivity index (χ0n) is 13.4. The van der Waals surface area contributed by atoms with Gasteiger partial charge in [0.05, 0.1) is 5.56 Å². The maximum Gasteiger partial charge on any atom is 0.344 e. The molecular formula is C19H15NO5. The molecule has 6 nitrogen and oxygen atoms in total. The first-order valence-electron chi connectivity index (χ1n) is 7.62. The number of hydrogen-bond donors (Lipinski definition) is 2. The van der Waals surface area contributed by atoms with Gasteiger partial charge in [0.2, 0.25) is 0 Å². The van der Waals surface area contributed by atoms with Gasteiger partial charge in [0.15, 0.2) is 0 Å². The largest absolute Gasteiger partial charge is 0.480 e. The summed E-state index contributed by atoms with van der Waals surface area (Å²) >= 11 is 0. The smallest absolute Gasteiger partial charge is 0.344 e. The third-order valence-electron chi connectivity index (χ3n) is 3.80. The van der Waals surface area contributed by atoms with E-state index in [0.29, 0.717) is 16.7 Å². The van der Waals surface area contributed by atoms with Crippen molar-refractivity contribution in [3.8, 4) is 11.1 Å². The number of aliphatic carboxylic acids is 1. The quantitative estimate of drug-likeness (QED) is 0.714. The number of para-hydroxylation sites is 1. The Morgan fingerprint density at radius 1 is 1.08 bits per heavy atom. The Hall–Kier alpha value is -3.41. The van der Waals surface area contributed by atoms with Crippen LogP contribution in [0.1, 0.15) is 17.3 Å². The SMILES string of the molecule is CC(NC(=O)c1cccc(-c2cc3ccccc3oc2=O)c1)C(=O)O. The van der Waals surface area contributed by atoms with Crippen molar-refractivity contribution in [3.63, 3.8) is 0 Å². The van der Waals surface area contributed by atoms with Crippen LogP contribution in [-0.2, 0) is 4.79 Å². The van der Waals surface area contributed by atoms with E-state index in [2.05, 4.69) is 5.32 Å². The molecule has 2 aromatic carbocycles. The number of carbonyl (C=O) groups is 2. The second-order valence-electron chi connectivity index (χ2n) is 5.60. The van der Waals surface area contributed by atoms with Crippen LogP contribution in [0.4, 0.5) is 0 Å². The highest BCUT2D eigenvalue weighted by molar-refractivity contribution is 5.97. The van der Waals surface area contributed by atoms with Gasteiger partial charge < -0.3 is 14.8 Å². The summed E-state index contributed by atoms with van der Waals surface area (Å²) in [5.74, 6) is -1.65. The molecule has 0 spiro atoms. The summed E-state index contributed by atoms with van der Waals surface area (Å²) in [6.45, 7) is 1.38. The molecule has 0 radical (unpaired) electrons. The molecule has 0 bridgehead atoms. The summed E-state index contributed by atoms with van der Waals surface area (Å²) in [4.78, 5) is 35.3. The molecule has 1 atom stereocenters. The molecule has 0 aliphatic heterocycles. The van der Waals surface area contributed by atoms with Crippen molar-refractivity contribution in [3.05, 3.63) is 70.6 Å². The minimum atomic E-state index is -1.13. The second-order valence-corrected chi connectivity index (χ2v) is 5.60. The monoisotopic (exact) mass is 337 g/mol. The van der Waals surface area contributed by atoms with E-state index in [-0.39, 0.29) is 5.56 Å². The van der Waals surface area contributed by atoms with Gasteiger partial charge in [0, 0.05) is 10.9 Å². The van der Waals surface area contributed by atoms with E-state index in [0.717, 1.165) is 5.39 Å². The number of nitrogens with one attached hydrogen (secondary N) is 1. The minimum absolute atomic E-state index is 0.262. The molecular weight excluding hydrogens is 322 g/mol. The summed E-state index contributed by atoms with van der Waals surface area (Å²) in [7, 11) is 0. The molecule has 0 aliphatic carbocycles. The van der Waals surface area contributed by atoms with Crippen LogP contribution >= 0.6 is 0 Å². The lowest BCUT2D eigenvalue weighted by molar-refractivity contribution is -0.138. The lowest BCUT2D eigenvalue weighted by Gasteiger charge is -2.10. The van der Waals surface area contributed by atoms with E-state index in [9.17, 15) is 14.4 Å². The summed E-state index contributed by atoms with van der Waals surface area (Å²) in [6, 6.07) is 14.2. The topological polar surface area (TPSA) is 96.6 Å². The van der Waals surface area contributed by atoms with Gasteiger partial charge in [-0.25, -0.2) is 4.79 Å². The van der Waals surface area contributed by atoms with Gasteiger partial charge in [-0.2, -0.15) is 0 Å². The molecule has 0 fully saturated rings. The Kier molecular flexibility index (Phi) is 4.35. The van der Waals surface area contributed by atoms with Crippen LogP contribution in [0.5, 0.6) is 0 Å². The Bertz CT molecular complexity index is 1020. The van der Waals surface area contributed by atoms with Crippen LogP contribution in [0, 0.1) is 0 Å². The number of carboxylic acid groups (broad SMARTS) is 1. The van der Waals surface area contributed by atoms with Crippen LogP contribution in [0.2, 0.25) is 0 Å². The first-order chi connectivity index (χ1) is 12.0. The Balaban J connectivity index is 1.99. The second kappa shape index (κ2) is 6.60. The summed E-state index contributed by atoms with van der Waals surface area (Å²) in [5.41, 5.74) is 1.10. The maximum absolute atomic E-state index is 12.2. The molecule has 0 saturated carbocycles. The van der Waals surface area contributed by atoms with Gasteiger partial charge in [-0.15, -0.1) is 0 Å². The van der Waals surface area contributed by atoms with E-state index in [1.54, 1.807) is 36.4 Å². The number of carbonyl (C=O) groups excluding carboxylic acids is 1. The lowest BCUT2D eigenvalue weighted by Crippen LogP contribution is -2.38. The number of hydrogen-bond acceptors (Lipinski definition) is 4. The van der Waals surface area contributed by atoms with E-state index in [1.807, 2.05) is 12.1 Å². The van der Waals surface area contributed by atoms with Crippen LogP contribution in [-0.4, -0.2) is 23.0 Å². The average Bonchev–Trinajstić information content (AvgIpc) is 2.61. The summed E-state index contributed by atoms with van der Waals surface area (Å²) in [6.07, 6.45) is 0. The molecule has 0 saturated heterocycles. The van der Waals surface area contributed by atoms with Gasteiger partial charge >= 0.3 is 11.6 Å². The molecule has 3 rings (SSSR count). The molecule has 3 aromatic rings. The number of amides is 1. The lowest BCUT2D eigenvalue weighted by atomic mass is 10.0. The van der Waals surface area contributed by atoms with E-state index < -0.39 is 23.5 Å². The minimum Gasteiger partial charge on any atom is -0.480 e. The normalized spacial score (nSPS) is 11.9. The molecule has 2 N–H and O–H groups in total. The molecule has 0 aliphatic rings. The van der Waals surface area contributed by atoms with Gasteiger partial charge in [-0.3, -0.25) is 9.59 Å². The number of carboxylic acids is 1. The van der Waals surface area contributed by atoms with Crippen LogP contribution in [0.3, 0.4) is 0 Å². The molecule has 126 valence electrons. The van der Waals surface area contributed by atoms with Gasteiger partial charge in [0.25, 0.3) is 5.91 Å². The van der Waals surface area contributed by atoms with E-state index in [4.69, 9.17) is 9.52 Å². The van der Waals surface area contributed by atoms with Crippen molar-refractivity contribution in [2.75, 3.05) is 0 Å². The number of benzene rings is 2. The standard InChI is InChI=1S/C19H15NO5/c1-11(18(22)23)20-17(21)14-7-4-6-12(9-14)15-10-13-5-2-3-8-16(13)25-19(15)24/h2-11H,1H3,(H,20,21)(H,22,23). The molecule has 1 amide bonds. The Morgan fingerprint density at radius 3 is 2.60 bits per heavy atom. The first kappa shape index (κ1) is 16.4. The molecule has 1 unspecified atom stereocenters. The third-order valence-corrected chi connectivity index (χ3v) is 3.80. The predicted octanol–water partition coefficient (Wildman–Crippen LogP) is 2.66. The molecule has 6 heteroatoms. The van der Waals surface area contributed by atoms with Crippen LogP contribution in [0.15, 0.2) is 63.8 Å². The van der Waals surface area contributed by atoms with Crippen molar-refractivity contribution in [1.82, 2.24) is 5.32 Å². The number of rotatable bonds is 4.